The van der Waals surface area contributed by atoms with E-state index in [0.29, 0.717) is 30.8 Å². The van der Waals surface area contributed by atoms with Crippen LogP contribution in [0.15, 0.2) is 0 Å². The van der Waals surface area contributed by atoms with E-state index in [-0.39, 0.29) is 0 Å². The van der Waals surface area contributed by atoms with Gasteiger partial charge in [0.05, 0.1) is 0 Å². The first-order valence-corrected chi connectivity index (χ1v) is 3.79. The number of hydrogen-bond acceptors (Lipinski definition) is 0. The molecule has 0 N–H and O–H groups in total. The maximum absolute atomic E-state index is 3.88. The van der Waals surface area contributed by atoms with E-state index in [2.05, 4.69) is 6.70 Å². The zero-order valence-corrected chi connectivity index (χ0v) is 5.14. The predicted octanol–water partition coefficient (Wildman–Crippen LogP) is -0.184. The second kappa shape index (κ2) is 1.41. The van der Waals surface area contributed by atoms with E-state index in [1.165, 1.54) is 0 Å². The van der Waals surface area contributed by atoms with Crippen LogP contribution in [0, 0.1) is 0 Å². The summed E-state index contributed by atoms with van der Waals surface area (Å²) in [6.45, 7) is 0. The summed E-state index contributed by atoms with van der Waals surface area (Å²) in [4.78, 5) is 0. The van der Waals surface area contributed by atoms with Gasteiger partial charge in [0.2, 0.25) is 0 Å². The molecular weight excluding hydrogens is 186 g/mol. The van der Waals surface area contributed by atoms with Crippen LogP contribution in [0.1, 0.15) is 0 Å². The minimum atomic E-state index is 0.375. The van der Waals surface area contributed by atoms with Crippen LogP contribution in [0.5, 0.6) is 0 Å². The minimum absolute atomic E-state index is 0.375. The molecule has 1 fully saturated rings. The molecule has 0 radical (unpaired) electrons. The summed E-state index contributed by atoms with van der Waals surface area (Å²) in [6, 6.07) is 0. The van der Waals surface area contributed by atoms with Crippen molar-refractivity contribution in [3.63, 3.8) is 0 Å². The molecule has 24 valence electrons. The van der Waals surface area contributed by atoms with Crippen molar-refractivity contribution < 1.29 is 0 Å². The Labute approximate surface area is 37.9 Å². The predicted molar refractivity (Wildman–Crippen MR) is 18.2 cm³/mol. The van der Waals surface area contributed by atoms with Crippen molar-refractivity contribution in [3.8, 4) is 0 Å². The molecule has 0 spiro atoms. The molecular formula is N2Se2-2. The van der Waals surface area contributed by atoms with Crippen LogP contribution in [0.3, 0.4) is 0 Å². The van der Waals surface area contributed by atoms with Crippen molar-refractivity contribution in [3.05, 3.63) is 6.70 Å². The molecule has 0 aromatic rings. The van der Waals surface area contributed by atoms with Gasteiger partial charge in [0.1, 0.15) is 0 Å². The first-order chi connectivity index (χ1) is 2.00. The fourth-order valence-electron chi connectivity index (χ4n) is 0.0333. The van der Waals surface area contributed by atoms with Gasteiger partial charge in [-0.15, -0.1) is 0 Å². The molecule has 0 bridgehead atoms. The van der Waals surface area contributed by atoms with Gasteiger partial charge in [0.25, 0.3) is 0 Å². The van der Waals surface area contributed by atoms with E-state index in [0.717, 1.165) is 0 Å². The second-order valence-electron chi connectivity index (χ2n) is 0.312. The van der Waals surface area contributed by atoms with Crippen LogP contribution in [-0.2, 0) is 0 Å². The van der Waals surface area contributed by atoms with Gasteiger partial charge in [0, 0.05) is 0 Å². The molecule has 0 unspecified atom stereocenters. The average Bonchev–Trinajstić information content (AvgIpc) is 0.722. The van der Waals surface area contributed by atoms with Crippen molar-refractivity contribution in [1.29, 1.82) is 0 Å². The van der Waals surface area contributed by atoms with Crippen molar-refractivity contribution in [2.45, 2.75) is 0 Å². The quantitative estimate of drug-likeness (QED) is 0.469. The van der Waals surface area contributed by atoms with Gasteiger partial charge < -0.3 is 0 Å². The summed E-state index contributed by atoms with van der Waals surface area (Å²) in [5.74, 6) is 0. The van der Waals surface area contributed by atoms with Crippen LogP contribution in [0.2, 0.25) is 0 Å². The average molecular weight is 186 g/mol. The molecule has 1 heterocycles. The van der Waals surface area contributed by atoms with Gasteiger partial charge in [0.15, 0.2) is 0 Å². The number of nitrogens with zero attached hydrogens (tertiary/aromatic N) is 2. The normalized spacial score (nSPS) is 24.0. The molecule has 0 aliphatic carbocycles. The molecule has 1 saturated heterocycles. The molecule has 0 saturated carbocycles. The summed E-state index contributed by atoms with van der Waals surface area (Å²) in [5, 5.41) is 0. The first-order valence-electron chi connectivity index (χ1n) is 0.730. The Hall–Kier alpha value is 0.959. The zero-order chi connectivity index (χ0) is 2.83. The van der Waals surface area contributed by atoms with E-state index in [9.17, 15) is 0 Å². The van der Waals surface area contributed by atoms with Crippen LogP contribution >= 0.6 is 0 Å². The van der Waals surface area contributed by atoms with Crippen LogP contribution in [-0.4, -0.2) is 30.8 Å². The molecule has 0 amide bonds. The van der Waals surface area contributed by atoms with Crippen LogP contribution in [0.25, 0.3) is 6.70 Å². The Balaban J connectivity index is 2.00. The molecule has 0 atom stereocenters. The number of rotatable bonds is 0. The third kappa shape index (κ3) is 0.462. The van der Waals surface area contributed by atoms with Crippen molar-refractivity contribution in [2.24, 2.45) is 0 Å². The SMILES string of the molecule is [N-]1[Se][N-][Se]1. The fraction of sp³-hybridized carbons (Fsp3) is 0. The van der Waals surface area contributed by atoms with Crippen molar-refractivity contribution in [1.82, 2.24) is 0 Å². The van der Waals surface area contributed by atoms with Gasteiger partial charge in [-0.05, 0) is 0 Å². The third-order valence-corrected chi connectivity index (χ3v) is 3.60. The van der Waals surface area contributed by atoms with Crippen molar-refractivity contribution >= 4 is 30.8 Å². The van der Waals surface area contributed by atoms with Crippen LogP contribution < -0.4 is 0 Å². The summed E-state index contributed by atoms with van der Waals surface area (Å²) >= 11 is 0.750. The van der Waals surface area contributed by atoms with E-state index in [1.54, 1.807) is 0 Å². The Bertz CT molecular complexity index is 12.0. The first kappa shape index (κ1) is 3.16. The van der Waals surface area contributed by atoms with E-state index < -0.39 is 0 Å². The zero-order valence-electron chi connectivity index (χ0n) is 1.71. The monoisotopic (exact) mass is 188 g/mol. The van der Waals surface area contributed by atoms with E-state index in [1.807, 2.05) is 0 Å². The molecule has 1 aliphatic rings. The summed E-state index contributed by atoms with van der Waals surface area (Å²) in [6.07, 6.45) is 0. The van der Waals surface area contributed by atoms with E-state index in [4.69, 9.17) is 0 Å². The van der Waals surface area contributed by atoms with Gasteiger partial charge in [-0.2, -0.15) is 0 Å². The summed E-state index contributed by atoms with van der Waals surface area (Å²) in [5.41, 5.74) is 0. The Morgan fingerprint density at radius 1 is 1.00 bits per heavy atom. The van der Waals surface area contributed by atoms with Crippen LogP contribution in [0.4, 0.5) is 0 Å². The Kier molecular flexibility index (Phi) is 1.11. The van der Waals surface area contributed by atoms with E-state index >= 15 is 0 Å². The Morgan fingerprint density at radius 2 is 1.25 bits per heavy atom. The molecule has 0 aromatic carbocycles. The molecule has 1 aliphatic heterocycles. The summed E-state index contributed by atoms with van der Waals surface area (Å²) in [7, 11) is 0. The summed E-state index contributed by atoms with van der Waals surface area (Å²) < 4.78 is 7.75. The number of hydrogen-bond donors (Lipinski definition) is 0. The van der Waals surface area contributed by atoms with Gasteiger partial charge in [-0.25, -0.2) is 0 Å². The Morgan fingerprint density at radius 3 is 1.25 bits per heavy atom. The van der Waals surface area contributed by atoms with Gasteiger partial charge in [-0.1, -0.05) is 0 Å². The fourth-order valence-corrected chi connectivity index (χ4v) is 0.900. The third-order valence-electron chi connectivity index (χ3n) is 0.133. The second-order valence-corrected chi connectivity index (χ2v) is 4.87. The molecule has 2 nitrogen and oxygen atoms in total. The molecule has 1 rings (SSSR count). The molecule has 4 heavy (non-hydrogen) atoms. The maximum atomic E-state index is 3.88. The van der Waals surface area contributed by atoms with Gasteiger partial charge >= 0.3 is 37.5 Å². The molecule has 0 aromatic heterocycles. The topological polar surface area (TPSA) is 28.2 Å². The van der Waals surface area contributed by atoms with Crippen molar-refractivity contribution in [2.75, 3.05) is 0 Å². The molecule has 4 heteroatoms. The standard InChI is InChI=1S/N2Se2/c1-3-2-4-1/q-2. The van der Waals surface area contributed by atoms with Gasteiger partial charge in [-0.3, -0.25) is 0 Å².